The molecule has 1 saturated carbocycles. The Labute approximate surface area is 106 Å². The number of halogens is 4. The molecule has 0 radical (unpaired) electrons. The van der Waals surface area contributed by atoms with Crippen molar-refractivity contribution in [1.29, 1.82) is 0 Å². The van der Waals surface area contributed by atoms with Crippen LogP contribution in [0.25, 0.3) is 0 Å². The van der Waals surface area contributed by atoms with Crippen LogP contribution < -0.4 is 0 Å². The second-order valence-electron chi connectivity index (χ2n) is 4.43. The van der Waals surface area contributed by atoms with E-state index in [1.165, 1.54) is 0 Å². The highest BCUT2D eigenvalue weighted by atomic mass is 35.5. The van der Waals surface area contributed by atoms with Gasteiger partial charge < -0.3 is 5.11 Å². The normalized spacial score (nSPS) is 16.7. The van der Waals surface area contributed by atoms with Crippen LogP contribution in [0.2, 0.25) is 5.02 Å². The van der Waals surface area contributed by atoms with Gasteiger partial charge in [-0.05, 0) is 30.4 Å². The van der Waals surface area contributed by atoms with Gasteiger partial charge in [-0.25, -0.2) is 13.2 Å². The molecular weight excluding hydrogens is 269 g/mol. The van der Waals surface area contributed by atoms with Crippen molar-refractivity contribution in [2.75, 3.05) is 0 Å². The molecule has 0 aromatic heterocycles. The molecule has 98 valence electrons. The zero-order valence-corrected chi connectivity index (χ0v) is 9.98. The molecule has 1 atom stereocenters. The molecule has 18 heavy (non-hydrogen) atoms. The monoisotopic (exact) mass is 278 g/mol. The number of carbonyl (C=O) groups is 1. The summed E-state index contributed by atoms with van der Waals surface area (Å²) in [6.45, 7) is 0. The molecule has 1 aliphatic carbocycles. The standard InChI is InChI=1S/C12H10ClF3O2/c13-10-11(15)7(3-8(14)12(10)16)6(4-9(17)18)5-1-2-5/h3,5-6H,1-2,4H2,(H,17,18). The molecule has 1 unspecified atom stereocenters. The average molecular weight is 279 g/mol. The molecule has 0 saturated heterocycles. The third kappa shape index (κ3) is 2.46. The van der Waals surface area contributed by atoms with Crippen LogP contribution >= 0.6 is 11.6 Å². The molecule has 0 amide bonds. The summed E-state index contributed by atoms with van der Waals surface area (Å²) in [5.74, 6) is -5.53. The lowest BCUT2D eigenvalue weighted by atomic mass is 9.90. The van der Waals surface area contributed by atoms with E-state index in [0.717, 1.165) is 12.8 Å². The van der Waals surface area contributed by atoms with Gasteiger partial charge in [0.05, 0.1) is 6.42 Å². The number of hydrogen-bond donors (Lipinski definition) is 1. The maximum absolute atomic E-state index is 13.8. The third-order valence-electron chi connectivity index (χ3n) is 3.12. The van der Waals surface area contributed by atoms with Crippen LogP contribution in [0.15, 0.2) is 6.07 Å². The van der Waals surface area contributed by atoms with Gasteiger partial charge >= 0.3 is 5.97 Å². The average Bonchev–Trinajstić information content (AvgIpc) is 3.12. The molecular formula is C12H10ClF3O2. The molecule has 0 aliphatic heterocycles. The second kappa shape index (κ2) is 4.80. The van der Waals surface area contributed by atoms with Crippen LogP contribution in [0.1, 0.15) is 30.7 Å². The largest absolute Gasteiger partial charge is 0.481 e. The van der Waals surface area contributed by atoms with Crippen molar-refractivity contribution in [3.05, 3.63) is 34.1 Å². The highest BCUT2D eigenvalue weighted by Gasteiger charge is 2.36. The summed E-state index contributed by atoms with van der Waals surface area (Å²) in [5, 5.41) is 7.87. The van der Waals surface area contributed by atoms with E-state index >= 15 is 0 Å². The fourth-order valence-electron chi connectivity index (χ4n) is 2.08. The van der Waals surface area contributed by atoms with E-state index in [4.69, 9.17) is 16.7 Å². The summed E-state index contributed by atoms with van der Waals surface area (Å²) in [6.07, 6.45) is 1.20. The summed E-state index contributed by atoms with van der Waals surface area (Å²) in [4.78, 5) is 10.7. The fourth-order valence-corrected chi connectivity index (χ4v) is 2.28. The van der Waals surface area contributed by atoms with Gasteiger partial charge in [0.25, 0.3) is 0 Å². The number of hydrogen-bond acceptors (Lipinski definition) is 1. The summed E-state index contributed by atoms with van der Waals surface area (Å²) in [5.41, 5.74) is -0.149. The Bertz CT molecular complexity index is 501. The quantitative estimate of drug-likeness (QED) is 0.673. The molecule has 6 heteroatoms. The first-order chi connectivity index (χ1) is 8.41. The Morgan fingerprint density at radius 2 is 2.00 bits per heavy atom. The topological polar surface area (TPSA) is 37.3 Å². The molecule has 1 aromatic carbocycles. The first-order valence-electron chi connectivity index (χ1n) is 5.46. The molecule has 1 fully saturated rings. The number of carboxylic acid groups (broad SMARTS) is 1. The maximum Gasteiger partial charge on any atom is 0.303 e. The van der Waals surface area contributed by atoms with Gasteiger partial charge in [-0.15, -0.1) is 0 Å². The van der Waals surface area contributed by atoms with Gasteiger partial charge in [-0.1, -0.05) is 11.6 Å². The predicted octanol–water partition coefficient (Wildman–Crippen LogP) is 3.73. The Kier molecular flexibility index (Phi) is 3.52. The third-order valence-corrected chi connectivity index (χ3v) is 3.45. The minimum Gasteiger partial charge on any atom is -0.481 e. The van der Waals surface area contributed by atoms with Gasteiger partial charge in [-0.3, -0.25) is 4.79 Å². The molecule has 1 aromatic rings. The zero-order valence-electron chi connectivity index (χ0n) is 9.22. The van der Waals surface area contributed by atoms with Gasteiger partial charge in [0.15, 0.2) is 11.6 Å². The van der Waals surface area contributed by atoms with Crippen molar-refractivity contribution < 1.29 is 23.1 Å². The Hall–Kier alpha value is -1.23. The van der Waals surface area contributed by atoms with E-state index in [2.05, 4.69) is 0 Å². The van der Waals surface area contributed by atoms with Crippen molar-refractivity contribution >= 4 is 17.6 Å². The van der Waals surface area contributed by atoms with Crippen molar-refractivity contribution in [2.45, 2.75) is 25.2 Å². The van der Waals surface area contributed by atoms with E-state index in [0.29, 0.717) is 6.07 Å². The number of rotatable bonds is 4. The zero-order chi connectivity index (χ0) is 13.4. The molecule has 0 spiro atoms. The summed E-state index contributed by atoms with van der Waals surface area (Å²) in [7, 11) is 0. The van der Waals surface area contributed by atoms with Crippen molar-refractivity contribution in [1.82, 2.24) is 0 Å². The van der Waals surface area contributed by atoms with Crippen LogP contribution in [0.4, 0.5) is 13.2 Å². The summed E-state index contributed by atoms with van der Waals surface area (Å²) >= 11 is 5.36. The van der Waals surface area contributed by atoms with Crippen molar-refractivity contribution in [2.24, 2.45) is 5.92 Å². The molecule has 0 bridgehead atoms. The molecule has 1 aliphatic rings. The Morgan fingerprint density at radius 3 is 2.50 bits per heavy atom. The highest BCUT2D eigenvalue weighted by Crippen LogP contribution is 2.46. The second-order valence-corrected chi connectivity index (χ2v) is 4.81. The van der Waals surface area contributed by atoms with Crippen LogP contribution in [0.5, 0.6) is 0 Å². The van der Waals surface area contributed by atoms with E-state index < -0.39 is 34.4 Å². The lowest BCUT2D eigenvalue weighted by molar-refractivity contribution is -0.137. The van der Waals surface area contributed by atoms with Crippen molar-refractivity contribution in [3.63, 3.8) is 0 Å². The molecule has 2 rings (SSSR count). The Morgan fingerprint density at radius 1 is 1.39 bits per heavy atom. The van der Waals surface area contributed by atoms with Gasteiger partial charge in [0.1, 0.15) is 10.8 Å². The molecule has 1 N–H and O–H groups in total. The first-order valence-corrected chi connectivity index (χ1v) is 5.84. The van der Waals surface area contributed by atoms with Crippen molar-refractivity contribution in [3.8, 4) is 0 Å². The Balaban J connectivity index is 2.44. The van der Waals surface area contributed by atoms with Crippen LogP contribution in [0.3, 0.4) is 0 Å². The van der Waals surface area contributed by atoms with Gasteiger partial charge in [0.2, 0.25) is 0 Å². The van der Waals surface area contributed by atoms with E-state index in [-0.39, 0.29) is 17.9 Å². The lowest BCUT2D eigenvalue weighted by Gasteiger charge is -2.16. The lowest BCUT2D eigenvalue weighted by Crippen LogP contribution is -2.11. The van der Waals surface area contributed by atoms with E-state index in [1.54, 1.807) is 0 Å². The number of benzene rings is 1. The predicted molar refractivity (Wildman–Crippen MR) is 59.0 cm³/mol. The number of carboxylic acids is 1. The molecule has 0 heterocycles. The first kappa shape index (κ1) is 13.2. The maximum atomic E-state index is 13.8. The molecule has 2 nitrogen and oxygen atoms in total. The minimum atomic E-state index is -1.44. The van der Waals surface area contributed by atoms with E-state index in [9.17, 15) is 18.0 Å². The number of aliphatic carboxylic acids is 1. The van der Waals surface area contributed by atoms with E-state index in [1.807, 2.05) is 0 Å². The van der Waals surface area contributed by atoms with Crippen LogP contribution in [-0.2, 0) is 4.79 Å². The fraction of sp³-hybridized carbons (Fsp3) is 0.417. The van der Waals surface area contributed by atoms with Gasteiger partial charge in [0, 0.05) is 5.92 Å². The summed E-state index contributed by atoms with van der Waals surface area (Å²) in [6, 6.07) is 0.711. The van der Waals surface area contributed by atoms with Gasteiger partial charge in [-0.2, -0.15) is 0 Å². The highest BCUT2D eigenvalue weighted by molar-refractivity contribution is 6.31. The minimum absolute atomic E-state index is 0.00321. The SMILES string of the molecule is O=C(O)CC(c1cc(F)c(F)c(Cl)c1F)C1CC1. The summed E-state index contributed by atoms with van der Waals surface area (Å²) < 4.78 is 40.1. The van der Waals surface area contributed by atoms with Crippen LogP contribution in [0, 0.1) is 23.4 Å². The van der Waals surface area contributed by atoms with Crippen LogP contribution in [-0.4, -0.2) is 11.1 Å². The smallest absolute Gasteiger partial charge is 0.303 e.